The fraction of sp³-hybridized carbons (Fsp3) is 0.474. The Morgan fingerprint density at radius 2 is 2.12 bits per heavy atom. The first-order valence-electron chi connectivity index (χ1n) is 9.30. The lowest BCUT2D eigenvalue weighted by Crippen LogP contribution is -2.31. The molecule has 0 spiro atoms. The number of aromatic amines is 1. The minimum absolute atomic E-state index is 0.480. The number of aryl methyl sites for hydroxylation is 1. The molecule has 26 heavy (non-hydrogen) atoms. The number of H-pyrrole nitrogens is 1. The van der Waals surface area contributed by atoms with Gasteiger partial charge in [0, 0.05) is 48.9 Å². The van der Waals surface area contributed by atoms with Crippen molar-refractivity contribution in [1.29, 1.82) is 0 Å². The Hall–Kier alpha value is -2.70. The second kappa shape index (κ2) is 6.90. The number of nitrogens with one attached hydrogen (secondary N) is 1. The number of hydrogen-bond acceptors (Lipinski definition) is 5. The van der Waals surface area contributed by atoms with Gasteiger partial charge in [0.2, 0.25) is 0 Å². The Labute approximate surface area is 153 Å². The van der Waals surface area contributed by atoms with Crippen molar-refractivity contribution >= 4 is 5.82 Å². The van der Waals surface area contributed by atoms with E-state index in [9.17, 15) is 0 Å². The smallest absolute Gasteiger partial charge is 0.158 e. The number of rotatable bonds is 5. The maximum atomic E-state index is 4.61. The molecule has 1 atom stereocenters. The van der Waals surface area contributed by atoms with Crippen LogP contribution in [0.1, 0.15) is 55.1 Å². The van der Waals surface area contributed by atoms with Crippen molar-refractivity contribution in [1.82, 2.24) is 29.9 Å². The lowest BCUT2D eigenvalue weighted by Gasteiger charge is -2.28. The Kier molecular flexibility index (Phi) is 4.44. The van der Waals surface area contributed by atoms with E-state index in [1.165, 1.54) is 23.4 Å². The number of aromatic nitrogens is 6. The molecule has 0 unspecified atom stereocenters. The van der Waals surface area contributed by atoms with E-state index in [0.717, 1.165) is 43.1 Å². The van der Waals surface area contributed by atoms with Crippen LogP contribution in [0.4, 0.5) is 5.82 Å². The van der Waals surface area contributed by atoms with Crippen LogP contribution in [0, 0.1) is 6.92 Å². The van der Waals surface area contributed by atoms with Crippen LogP contribution in [0.15, 0.2) is 24.8 Å². The van der Waals surface area contributed by atoms with Gasteiger partial charge in [-0.3, -0.25) is 5.10 Å². The maximum absolute atomic E-state index is 4.61. The highest BCUT2D eigenvalue weighted by atomic mass is 15.3. The van der Waals surface area contributed by atoms with E-state index >= 15 is 0 Å². The van der Waals surface area contributed by atoms with Crippen molar-refractivity contribution in [2.75, 3.05) is 11.4 Å². The fourth-order valence-corrected chi connectivity index (χ4v) is 3.66. The quantitative estimate of drug-likeness (QED) is 0.764. The molecular formula is C19H25N7. The number of anilines is 1. The van der Waals surface area contributed by atoms with Gasteiger partial charge in [-0.05, 0) is 18.9 Å². The van der Waals surface area contributed by atoms with E-state index in [2.05, 4.69) is 44.0 Å². The average molecular weight is 351 g/mol. The molecule has 7 nitrogen and oxygen atoms in total. The zero-order chi connectivity index (χ0) is 18.1. The number of nitrogens with zero attached hydrogens (tertiary/aromatic N) is 6. The minimum atomic E-state index is 0.480. The molecule has 0 bridgehead atoms. The normalized spacial score (nSPS) is 15.1. The van der Waals surface area contributed by atoms with E-state index in [1.54, 1.807) is 11.0 Å². The third-order valence-corrected chi connectivity index (χ3v) is 5.06. The third-order valence-electron chi connectivity index (χ3n) is 5.06. The molecule has 3 aromatic rings. The molecule has 0 saturated heterocycles. The van der Waals surface area contributed by atoms with Crippen molar-refractivity contribution in [3.05, 3.63) is 47.3 Å². The van der Waals surface area contributed by atoms with Crippen molar-refractivity contribution < 1.29 is 0 Å². The van der Waals surface area contributed by atoms with Crippen LogP contribution >= 0.6 is 0 Å². The van der Waals surface area contributed by atoms with Gasteiger partial charge in [0.25, 0.3) is 0 Å². The standard InChI is InChI=1S/C19H25N7/c1-4-5-14(3)19-15-11-25(7-6-16(15)23-24-19)17-8-18(21-12-20-17)26-10-13(2)9-22-26/h8-10,12,14H,4-7,11H2,1-3H3,(H,23,24)/t14-/m0/s1. The van der Waals surface area contributed by atoms with Crippen molar-refractivity contribution in [3.63, 3.8) is 0 Å². The van der Waals surface area contributed by atoms with Crippen LogP contribution in [0.25, 0.3) is 5.82 Å². The Bertz CT molecular complexity index is 895. The monoisotopic (exact) mass is 351 g/mol. The largest absolute Gasteiger partial charge is 0.352 e. The molecule has 0 amide bonds. The first-order valence-corrected chi connectivity index (χ1v) is 9.30. The highest BCUT2D eigenvalue weighted by molar-refractivity contribution is 5.47. The van der Waals surface area contributed by atoms with E-state index in [-0.39, 0.29) is 0 Å². The molecule has 0 aromatic carbocycles. The van der Waals surface area contributed by atoms with Crippen LogP contribution in [0.5, 0.6) is 0 Å². The highest BCUT2D eigenvalue weighted by Crippen LogP contribution is 2.30. The summed E-state index contributed by atoms with van der Waals surface area (Å²) in [6, 6.07) is 2.01. The summed E-state index contributed by atoms with van der Waals surface area (Å²) >= 11 is 0. The molecule has 4 rings (SSSR count). The van der Waals surface area contributed by atoms with Crippen molar-refractivity contribution in [3.8, 4) is 5.82 Å². The Morgan fingerprint density at radius 1 is 1.27 bits per heavy atom. The summed E-state index contributed by atoms with van der Waals surface area (Å²) in [7, 11) is 0. The lowest BCUT2D eigenvalue weighted by molar-refractivity contribution is 0.632. The molecule has 7 heteroatoms. The van der Waals surface area contributed by atoms with Crippen LogP contribution in [-0.2, 0) is 13.0 Å². The summed E-state index contributed by atoms with van der Waals surface area (Å²) in [6.07, 6.45) is 8.72. The topological polar surface area (TPSA) is 75.5 Å². The van der Waals surface area contributed by atoms with E-state index in [0.29, 0.717) is 5.92 Å². The summed E-state index contributed by atoms with van der Waals surface area (Å²) in [5, 5.41) is 12.2. The summed E-state index contributed by atoms with van der Waals surface area (Å²) in [4.78, 5) is 11.2. The molecule has 1 N–H and O–H groups in total. The predicted octanol–water partition coefficient (Wildman–Crippen LogP) is 3.16. The van der Waals surface area contributed by atoms with Gasteiger partial charge >= 0.3 is 0 Å². The minimum Gasteiger partial charge on any atom is -0.352 e. The molecule has 0 radical (unpaired) electrons. The molecule has 3 aromatic heterocycles. The molecule has 0 fully saturated rings. The first-order chi connectivity index (χ1) is 12.7. The molecular weight excluding hydrogens is 326 g/mol. The number of hydrogen-bond donors (Lipinski definition) is 1. The van der Waals surface area contributed by atoms with Gasteiger partial charge in [0.1, 0.15) is 12.1 Å². The summed E-state index contributed by atoms with van der Waals surface area (Å²) < 4.78 is 1.79. The Balaban J connectivity index is 1.60. The van der Waals surface area contributed by atoms with E-state index in [1.807, 2.05) is 25.4 Å². The van der Waals surface area contributed by atoms with Crippen molar-refractivity contribution in [2.24, 2.45) is 0 Å². The second-order valence-corrected chi connectivity index (χ2v) is 7.12. The summed E-state index contributed by atoms with van der Waals surface area (Å²) in [5.41, 5.74) is 4.94. The van der Waals surface area contributed by atoms with Crippen LogP contribution < -0.4 is 4.90 Å². The van der Waals surface area contributed by atoms with Gasteiger partial charge in [-0.1, -0.05) is 20.3 Å². The highest BCUT2D eigenvalue weighted by Gasteiger charge is 2.25. The average Bonchev–Trinajstić information content (AvgIpc) is 3.27. The van der Waals surface area contributed by atoms with E-state index < -0.39 is 0 Å². The molecule has 4 heterocycles. The third kappa shape index (κ3) is 3.09. The maximum Gasteiger partial charge on any atom is 0.158 e. The molecule has 1 aliphatic rings. The molecule has 1 aliphatic heterocycles. The SMILES string of the molecule is CCC[C@H](C)c1n[nH]c2c1CN(c1cc(-n3cc(C)cn3)ncn1)CC2. The van der Waals surface area contributed by atoms with Crippen LogP contribution in [-0.4, -0.2) is 36.5 Å². The first kappa shape index (κ1) is 16.8. The molecule has 136 valence electrons. The fourth-order valence-electron chi connectivity index (χ4n) is 3.66. The Morgan fingerprint density at radius 3 is 2.88 bits per heavy atom. The van der Waals surface area contributed by atoms with Crippen LogP contribution in [0.2, 0.25) is 0 Å². The molecule has 0 aliphatic carbocycles. The van der Waals surface area contributed by atoms with Gasteiger partial charge in [0.05, 0.1) is 11.9 Å². The lowest BCUT2D eigenvalue weighted by atomic mass is 9.95. The molecule has 0 saturated carbocycles. The van der Waals surface area contributed by atoms with E-state index in [4.69, 9.17) is 0 Å². The van der Waals surface area contributed by atoms with Gasteiger partial charge < -0.3 is 4.90 Å². The van der Waals surface area contributed by atoms with Gasteiger partial charge in [-0.2, -0.15) is 10.2 Å². The van der Waals surface area contributed by atoms with Gasteiger partial charge in [0.15, 0.2) is 5.82 Å². The summed E-state index contributed by atoms with van der Waals surface area (Å²) in [5.74, 6) is 2.21. The number of fused-ring (bicyclic) bond motifs is 1. The zero-order valence-electron chi connectivity index (χ0n) is 15.6. The summed E-state index contributed by atoms with van der Waals surface area (Å²) in [6.45, 7) is 8.27. The zero-order valence-corrected chi connectivity index (χ0v) is 15.6. The second-order valence-electron chi connectivity index (χ2n) is 7.12. The van der Waals surface area contributed by atoms with Crippen LogP contribution in [0.3, 0.4) is 0 Å². The van der Waals surface area contributed by atoms with Gasteiger partial charge in [-0.15, -0.1) is 0 Å². The predicted molar refractivity (Wildman–Crippen MR) is 101 cm³/mol. The van der Waals surface area contributed by atoms with Gasteiger partial charge in [-0.25, -0.2) is 14.6 Å². The van der Waals surface area contributed by atoms with Crippen molar-refractivity contribution in [2.45, 2.75) is 52.5 Å².